The van der Waals surface area contributed by atoms with Crippen molar-refractivity contribution in [2.75, 3.05) is 0 Å². The minimum absolute atomic E-state index is 0.0186. The molecule has 0 atom stereocenters. The van der Waals surface area contributed by atoms with Crippen LogP contribution in [0.3, 0.4) is 0 Å². The summed E-state index contributed by atoms with van der Waals surface area (Å²) in [5, 5.41) is 26.4. The normalized spacial score (nSPS) is 9.28. The second kappa shape index (κ2) is 10.8. The van der Waals surface area contributed by atoms with Crippen LogP contribution in [0.15, 0.2) is 66.7 Å². The number of carbonyl (C=O) groups excluding carboxylic acids is 1. The zero-order valence-electron chi connectivity index (χ0n) is 15.4. The predicted octanol–water partition coefficient (Wildman–Crippen LogP) is 3.11. The first kappa shape index (κ1) is 22.8. The van der Waals surface area contributed by atoms with Crippen molar-refractivity contribution in [2.24, 2.45) is 5.73 Å². The molecule has 0 aromatic heterocycles. The molecule has 3 aromatic rings. The highest BCUT2D eigenvalue weighted by molar-refractivity contribution is 6.06. The average Bonchev–Trinajstić information content (AvgIpc) is 2.67. The number of hydrogen-bond donors (Lipinski definition) is 4. The van der Waals surface area contributed by atoms with Gasteiger partial charge in [-0.15, -0.1) is 0 Å². The molecule has 0 unspecified atom stereocenters. The Morgan fingerprint density at radius 2 is 1.17 bits per heavy atom. The predicted molar refractivity (Wildman–Crippen MR) is 106 cm³/mol. The van der Waals surface area contributed by atoms with Gasteiger partial charge in [0.15, 0.2) is 0 Å². The molecule has 8 nitrogen and oxygen atoms in total. The van der Waals surface area contributed by atoms with Crippen molar-refractivity contribution in [1.29, 1.82) is 0 Å². The van der Waals surface area contributed by atoms with Crippen LogP contribution in [0.25, 0.3) is 10.8 Å². The molecule has 5 N–H and O–H groups in total. The molecule has 0 aliphatic carbocycles. The van der Waals surface area contributed by atoms with Crippen LogP contribution in [-0.2, 0) is 4.79 Å². The summed E-state index contributed by atoms with van der Waals surface area (Å²) in [5.41, 5.74) is 5.79. The molecule has 3 rings (SSSR count). The lowest BCUT2D eigenvalue weighted by Gasteiger charge is -2.01. The van der Waals surface area contributed by atoms with E-state index in [1.54, 1.807) is 6.07 Å². The Morgan fingerprint density at radius 3 is 1.66 bits per heavy atom. The molecule has 0 radical (unpaired) electrons. The number of carboxylic acids is 3. The molecule has 1 amide bonds. The molecule has 0 aliphatic heterocycles. The maximum absolute atomic E-state index is 11.0. The zero-order valence-corrected chi connectivity index (χ0v) is 15.4. The highest BCUT2D eigenvalue weighted by Gasteiger charge is 2.07. The van der Waals surface area contributed by atoms with E-state index in [2.05, 4.69) is 0 Å². The van der Waals surface area contributed by atoms with Crippen molar-refractivity contribution in [3.8, 4) is 0 Å². The zero-order chi connectivity index (χ0) is 22.0. The van der Waals surface area contributed by atoms with Gasteiger partial charge >= 0.3 is 11.9 Å². The summed E-state index contributed by atoms with van der Waals surface area (Å²) in [4.78, 5) is 40.8. The summed E-state index contributed by atoms with van der Waals surface area (Å²) in [6, 6.07) is 18.4. The van der Waals surface area contributed by atoms with Crippen LogP contribution in [0.1, 0.15) is 38.0 Å². The molecule has 150 valence electrons. The van der Waals surface area contributed by atoms with Gasteiger partial charge in [0.05, 0.1) is 11.1 Å². The molecule has 0 saturated carbocycles. The number of benzene rings is 3. The minimum Gasteiger partial charge on any atom is -0.481 e. The smallest absolute Gasteiger partial charge is 0.335 e. The van der Waals surface area contributed by atoms with E-state index in [1.165, 1.54) is 18.2 Å². The van der Waals surface area contributed by atoms with E-state index in [-0.39, 0.29) is 17.0 Å². The van der Waals surface area contributed by atoms with Crippen molar-refractivity contribution in [3.05, 3.63) is 83.4 Å². The van der Waals surface area contributed by atoms with Gasteiger partial charge in [0, 0.05) is 12.5 Å². The number of carbonyl (C=O) groups is 4. The van der Waals surface area contributed by atoms with Crippen molar-refractivity contribution in [2.45, 2.75) is 6.92 Å². The lowest BCUT2D eigenvalue weighted by molar-refractivity contribution is -0.134. The second-order valence-electron chi connectivity index (χ2n) is 5.60. The number of fused-ring (bicyclic) bond motifs is 1. The SMILES string of the molecule is CC(=O)O.NC(=O)c1cccc2ccccc12.O=C(O)c1cccc(C(=O)O)c1. The first-order valence-electron chi connectivity index (χ1n) is 8.17. The number of nitrogens with two attached hydrogens (primary N) is 1. The standard InChI is InChI=1S/C11H9NO.C8H6O4.C2H4O2/c12-11(13)10-7-3-5-8-4-1-2-6-9(8)10;9-7(10)5-2-1-3-6(4-5)8(11)12;1-2(3)4/h1-7H,(H2,12,13);1-4H,(H,9,10)(H,11,12);1H3,(H,3,4). The third-order valence-corrected chi connectivity index (χ3v) is 3.41. The van der Waals surface area contributed by atoms with Crippen LogP contribution >= 0.6 is 0 Å². The average molecular weight is 397 g/mol. The maximum Gasteiger partial charge on any atom is 0.335 e. The van der Waals surface area contributed by atoms with Gasteiger partial charge in [0.25, 0.3) is 5.97 Å². The van der Waals surface area contributed by atoms with E-state index in [4.69, 9.17) is 25.8 Å². The number of rotatable bonds is 3. The summed E-state index contributed by atoms with van der Waals surface area (Å²) in [6.07, 6.45) is 0. The third-order valence-electron chi connectivity index (χ3n) is 3.41. The van der Waals surface area contributed by atoms with Gasteiger partial charge < -0.3 is 21.1 Å². The minimum atomic E-state index is -1.13. The van der Waals surface area contributed by atoms with E-state index < -0.39 is 17.9 Å². The molecule has 0 saturated heterocycles. The van der Waals surface area contributed by atoms with Crippen LogP contribution in [-0.4, -0.2) is 39.1 Å². The Balaban J connectivity index is 0.000000247. The lowest BCUT2D eigenvalue weighted by Crippen LogP contribution is -2.11. The molecule has 29 heavy (non-hydrogen) atoms. The summed E-state index contributed by atoms with van der Waals surface area (Å²) < 4.78 is 0. The molecule has 0 spiro atoms. The molecule has 0 aliphatic rings. The van der Waals surface area contributed by atoms with Gasteiger partial charge in [-0.1, -0.05) is 42.5 Å². The first-order valence-corrected chi connectivity index (χ1v) is 8.17. The van der Waals surface area contributed by atoms with Crippen molar-refractivity contribution in [3.63, 3.8) is 0 Å². The number of aromatic carboxylic acids is 2. The maximum atomic E-state index is 11.0. The number of primary amides is 1. The monoisotopic (exact) mass is 397 g/mol. The van der Waals surface area contributed by atoms with E-state index >= 15 is 0 Å². The fraction of sp³-hybridized carbons (Fsp3) is 0.0476. The fourth-order valence-corrected chi connectivity index (χ4v) is 2.23. The van der Waals surface area contributed by atoms with E-state index in [0.717, 1.165) is 23.8 Å². The topological polar surface area (TPSA) is 155 Å². The third kappa shape index (κ3) is 7.51. The van der Waals surface area contributed by atoms with E-state index in [1.807, 2.05) is 36.4 Å². The van der Waals surface area contributed by atoms with Gasteiger partial charge in [-0.25, -0.2) is 9.59 Å². The van der Waals surface area contributed by atoms with Crippen LogP contribution in [0.4, 0.5) is 0 Å². The Bertz CT molecular complexity index is 1010. The number of hydrogen-bond acceptors (Lipinski definition) is 4. The molecule has 0 bridgehead atoms. The summed E-state index contributed by atoms with van der Waals surface area (Å²) in [6.45, 7) is 1.08. The summed E-state index contributed by atoms with van der Waals surface area (Å²) in [7, 11) is 0. The van der Waals surface area contributed by atoms with Gasteiger partial charge in [-0.3, -0.25) is 9.59 Å². The number of carboxylic acid groups (broad SMARTS) is 3. The van der Waals surface area contributed by atoms with Crippen LogP contribution in [0, 0.1) is 0 Å². The van der Waals surface area contributed by atoms with E-state index in [0.29, 0.717) is 5.56 Å². The van der Waals surface area contributed by atoms with Crippen LogP contribution < -0.4 is 5.73 Å². The Labute approximate surface area is 165 Å². The number of amides is 1. The second-order valence-corrected chi connectivity index (χ2v) is 5.60. The summed E-state index contributed by atoms with van der Waals surface area (Å²) in [5.74, 6) is -3.46. The molecule has 3 aromatic carbocycles. The van der Waals surface area contributed by atoms with E-state index in [9.17, 15) is 14.4 Å². The largest absolute Gasteiger partial charge is 0.481 e. The van der Waals surface area contributed by atoms with Crippen molar-refractivity contribution >= 4 is 34.6 Å². The molecular formula is C21H19NO7. The molecule has 8 heteroatoms. The lowest BCUT2D eigenvalue weighted by atomic mass is 10.0. The van der Waals surface area contributed by atoms with Crippen LogP contribution in [0.5, 0.6) is 0 Å². The highest BCUT2D eigenvalue weighted by atomic mass is 16.4. The van der Waals surface area contributed by atoms with Gasteiger partial charge in [0.1, 0.15) is 0 Å². The highest BCUT2D eigenvalue weighted by Crippen LogP contribution is 2.17. The number of aliphatic carboxylic acids is 1. The Hall–Kier alpha value is -4.20. The Kier molecular flexibility index (Phi) is 8.53. The molecule has 0 heterocycles. The molecular weight excluding hydrogens is 378 g/mol. The van der Waals surface area contributed by atoms with Gasteiger partial charge in [0.2, 0.25) is 5.91 Å². The van der Waals surface area contributed by atoms with Gasteiger partial charge in [-0.05, 0) is 35.0 Å². The fourth-order valence-electron chi connectivity index (χ4n) is 2.23. The van der Waals surface area contributed by atoms with Crippen LogP contribution in [0.2, 0.25) is 0 Å². The molecule has 0 fully saturated rings. The van der Waals surface area contributed by atoms with Crippen molar-refractivity contribution in [1.82, 2.24) is 0 Å². The van der Waals surface area contributed by atoms with Crippen molar-refractivity contribution < 1.29 is 34.5 Å². The van der Waals surface area contributed by atoms with Gasteiger partial charge in [-0.2, -0.15) is 0 Å². The first-order chi connectivity index (χ1) is 13.6. The quantitative estimate of drug-likeness (QED) is 0.529. The summed E-state index contributed by atoms with van der Waals surface area (Å²) >= 11 is 0. The Morgan fingerprint density at radius 1 is 0.724 bits per heavy atom.